The van der Waals surface area contributed by atoms with Crippen molar-refractivity contribution in [1.82, 2.24) is 23.8 Å². The molecule has 5 aromatic carbocycles. The monoisotopic (exact) mass is 537 g/mol. The van der Waals surface area contributed by atoms with Gasteiger partial charge < -0.3 is 8.80 Å². The zero-order valence-electron chi connectivity index (χ0n) is 22.5. The minimum Gasteiger partial charge on any atom is -0.314 e. The largest absolute Gasteiger partial charge is 0.314 e. The molecule has 0 N–H and O–H groups in total. The van der Waals surface area contributed by atoms with Crippen LogP contribution < -0.4 is 0 Å². The normalized spacial score (nSPS) is 11.8. The maximum absolute atomic E-state index is 5.08. The van der Waals surface area contributed by atoms with E-state index >= 15 is 0 Å². The summed E-state index contributed by atoms with van der Waals surface area (Å²) in [5.41, 5.74) is 7.49. The van der Waals surface area contributed by atoms with Crippen molar-refractivity contribution >= 4 is 43.6 Å². The van der Waals surface area contributed by atoms with Crippen LogP contribution in [0.15, 0.2) is 140 Å². The zero-order chi connectivity index (χ0) is 27.6. The van der Waals surface area contributed by atoms with Gasteiger partial charge in [0.2, 0.25) is 0 Å². The fourth-order valence-corrected chi connectivity index (χ4v) is 6.28. The molecule has 0 atom stereocenters. The van der Waals surface area contributed by atoms with Crippen LogP contribution >= 0.6 is 0 Å². The highest BCUT2D eigenvalue weighted by atomic mass is 15.0. The van der Waals surface area contributed by atoms with E-state index in [9.17, 15) is 0 Å². The molecule has 0 saturated heterocycles. The van der Waals surface area contributed by atoms with Crippen LogP contribution in [0.1, 0.15) is 0 Å². The maximum atomic E-state index is 5.08. The summed E-state index contributed by atoms with van der Waals surface area (Å²) in [4.78, 5) is 15.1. The number of rotatable bonds is 3. The highest BCUT2D eigenvalue weighted by molar-refractivity contribution is 6.15. The molecular formula is C37H23N5. The van der Waals surface area contributed by atoms with Crippen LogP contribution in [0.25, 0.3) is 77.8 Å². The first-order valence-corrected chi connectivity index (χ1v) is 14.0. The van der Waals surface area contributed by atoms with Gasteiger partial charge in [0.15, 0.2) is 17.5 Å². The predicted octanol–water partition coefficient (Wildman–Crippen LogP) is 8.84. The Balaban J connectivity index is 1.45. The lowest BCUT2D eigenvalue weighted by Gasteiger charge is -2.09. The molecule has 9 rings (SSSR count). The van der Waals surface area contributed by atoms with Crippen LogP contribution in [-0.2, 0) is 0 Å². The van der Waals surface area contributed by atoms with Gasteiger partial charge in [-0.3, -0.25) is 0 Å². The third kappa shape index (κ3) is 3.34. The van der Waals surface area contributed by atoms with Gasteiger partial charge in [0.25, 0.3) is 0 Å². The number of hydrogen-bond donors (Lipinski definition) is 0. The standard InChI is InChI=1S/C37H23N5/c1-3-11-25(12-4-1)35-38-36(26-13-5-2-6-14-26)40-37(39-35)30-23-42-32-20-9-15-24-21-22-41(33(24)32)31-19-8-7-16-27(31)28-17-10-18-29(30)34(28)42/h1-23H. The Labute approximate surface area is 241 Å². The van der Waals surface area contributed by atoms with Gasteiger partial charge in [-0.1, -0.05) is 109 Å². The summed E-state index contributed by atoms with van der Waals surface area (Å²) in [5, 5.41) is 4.66. The number of para-hydroxylation sites is 3. The van der Waals surface area contributed by atoms with Crippen molar-refractivity contribution in [2.75, 3.05) is 0 Å². The topological polar surface area (TPSA) is 47.5 Å². The molecule has 0 aliphatic heterocycles. The summed E-state index contributed by atoms with van der Waals surface area (Å²) in [5.74, 6) is 1.96. The molecule has 0 spiro atoms. The van der Waals surface area contributed by atoms with E-state index < -0.39 is 0 Å². The predicted molar refractivity (Wildman–Crippen MR) is 171 cm³/mol. The molecule has 5 nitrogen and oxygen atoms in total. The summed E-state index contributed by atoms with van der Waals surface area (Å²) in [6.07, 6.45) is 4.37. The Morgan fingerprint density at radius 2 is 1.00 bits per heavy atom. The number of benzene rings is 5. The van der Waals surface area contributed by atoms with Crippen molar-refractivity contribution in [3.63, 3.8) is 0 Å². The van der Waals surface area contributed by atoms with E-state index in [1.165, 1.54) is 27.2 Å². The molecule has 0 bridgehead atoms. The van der Waals surface area contributed by atoms with Gasteiger partial charge in [-0.2, -0.15) is 0 Å². The van der Waals surface area contributed by atoms with Crippen LogP contribution in [0.3, 0.4) is 0 Å². The van der Waals surface area contributed by atoms with E-state index in [1.807, 2.05) is 60.7 Å². The van der Waals surface area contributed by atoms with Gasteiger partial charge in [-0.05, 0) is 18.2 Å². The quantitative estimate of drug-likeness (QED) is 0.226. The van der Waals surface area contributed by atoms with Gasteiger partial charge in [0.1, 0.15) is 0 Å². The minimum absolute atomic E-state index is 0.652. The average Bonchev–Trinajstić information content (AvgIpc) is 3.67. The van der Waals surface area contributed by atoms with Gasteiger partial charge in [0.05, 0.1) is 22.1 Å². The molecule has 9 aromatic rings. The SMILES string of the molecule is c1ccc(-c2nc(-c3ccccc3)nc(-c3cn4c5cccc6ccn(c7ccccc7c7cccc3c74)c65)n2)cc1. The molecule has 0 radical (unpaired) electrons. The first kappa shape index (κ1) is 22.9. The number of nitrogens with zero attached hydrogens (tertiary/aromatic N) is 5. The van der Waals surface area contributed by atoms with E-state index in [-0.39, 0.29) is 0 Å². The van der Waals surface area contributed by atoms with Crippen molar-refractivity contribution in [2.24, 2.45) is 0 Å². The van der Waals surface area contributed by atoms with Gasteiger partial charge in [-0.25, -0.2) is 15.0 Å². The lowest BCUT2D eigenvalue weighted by Crippen LogP contribution is -1.99. The first-order chi connectivity index (χ1) is 20.8. The molecule has 0 fully saturated rings. The van der Waals surface area contributed by atoms with E-state index in [4.69, 9.17) is 15.0 Å². The van der Waals surface area contributed by atoms with Gasteiger partial charge in [0, 0.05) is 50.6 Å². The molecule has 196 valence electrons. The second-order valence-electron chi connectivity index (χ2n) is 10.6. The fraction of sp³-hybridized carbons (Fsp3) is 0. The Morgan fingerprint density at radius 3 is 1.76 bits per heavy atom. The third-order valence-electron chi connectivity index (χ3n) is 8.17. The average molecular weight is 538 g/mol. The number of fused-ring (bicyclic) bond motifs is 4. The molecule has 0 aliphatic carbocycles. The molecule has 42 heavy (non-hydrogen) atoms. The van der Waals surface area contributed by atoms with Crippen molar-refractivity contribution in [3.05, 3.63) is 140 Å². The summed E-state index contributed by atoms with van der Waals surface area (Å²) in [6.45, 7) is 0. The van der Waals surface area contributed by atoms with E-state index in [2.05, 4.69) is 87.9 Å². The number of aromatic nitrogens is 5. The highest BCUT2D eigenvalue weighted by Crippen LogP contribution is 2.37. The van der Waals surface area contributed by atoms with E-state index in [0.29, 0.717) is 17.5 Å². The Bertz CT molecular complexity index is 2400. The van der Waals surface area contributed by atoms with Crippen molar-refractivity contribution in [2.45, 2.75) is 0 Å². The van der Waals surface area contributed by atoms with Crippen LogP contribution in [-0.4, -0.2) is 23.8 Å². The second-order valence-corrected chi connectivity index (χ2v) is 10.6. The molecule has 5 heteroatoms. The first-order valence-electron chi connectivity index (χ1n) is 14.0. The molecule has 4 aromatic heterocycles. The summed E-state index contributed by atoms with van der Waals surface area (Å²) in [6, 6.07) is 44.1. The van der Waals surface area contributed by atoms with Crippen molar-refractivity contribution in [3.8, 4) is 34.2 Å². The number of hydrogen-bond acceptors (Lipinski definition) is 3. The third-order valence-corrected chi connectivity index (χ3v) is 8.17. The van der Waals surface area contributed by atoms with Crippen LogP contribution in [0.4, 0.5) is 0 Å². The second kappa shape index (κ2) is 8.85. The lowest BCUT2D eigenvalue weighted by atomic mass is 10.1. The summed E-state index contributed by atoms with van der Waals surface area (Å²) in [7, 11) is 0. The van der Waals surface area contributed by atoms with Crippen LogP contribution in [0.2, 0.25) is 0 Å². The Kier molecular flexibility index (Phi) is 4.83. The van der Waals surface area contributed by atoms with Gasteiger partial charge >= 0.3 is 0 Å². The Morgan fingerprint density at radius 1 is 0.405 bits per heavy atom. The zero-order valence-corrected chi connectivity index (χ0v) is 22.5. The van der Waals surface area contributed by atoms with Gasteiger partial charge in [-0.15, -0.1) is 0 Å². The summed E-state index contributed by atoms with van der Waals surface area (Å²) < 4.78 is 4.63. The van der Waals surface area contributed by atoms with E-state index in [1.54, 1.807) is 0 Å². The minimum atomic E-state index is 0.652. The van der Waals surface area contributed by atoms with Crippen LogP contribution in [0, 0.1) is 0 Å². The molecular weight excluding hydrogens is 514 g/mol. The molecule has 0 amide bonds. The molecule has 0 unspecified atom stereocenters. The molecule has 0 saturated carbocycles. The summed E-state index contributed by atoms with van der Waals surface area (Å²) >= 11 is 0. The maximum Gasteiger partial charge on any atom is 0.166 e. The van der Waals surface area contributed by atoms with Crippen LogP contribution in [0.5, 0.6) is 0 Å². The molecule has 0 aliphatic rings. The smallest absolute Gasteiger partial charge is 0.166 e. The Hall–Kier alpha value is -5.81. The lowest BCUT2D eigenvalue weighted by molar-refractivity contribution is 1.07. The fourth-order valence-electron chi connectivity index (χ4n) is 6.28. The van der Waals surface area contributed by atoms with Crippen molar-refractivity contribution in [1.29, 1.82) is 0 Å². The highest BCUT2D eigenvalue weighted by Gasteiger charge is 2.19. The van der Waals surface area contributed by atoms with Crippen molar-refractivity contribution < 1.29 is 0 Å². The van der Waals surface area contributed by atoms with E-state index in [0.717, 1.165) is 33.1 Å². The molecule has 4 heterocycles.